The monoisotopic (exact) mass is 1640 g/mol. The second kappa shape index (κ2) is 30.9. The predicted octanol–water partition coefficient (Wildman–Crippen LogP) is 33.8. The number of rotatable bonds is 12. The van der Waals surface area contributed by atoms with Gasteiger partial charge in [0.05, 0.1) is 45.5 Å². The summed E-state index contributed by atoms with van der Waals surface area (Å²) in [5.41, 5.74) is 21.7. The van der Waals surface area contributed by atoms with Crippen LogP contribution >= 0.6 is 0 Å². The molecule has 0 N–H and O–H groups in total. The maximum absolute atomic E-state index is 6.61. The van der Waals surface area contributed by atoms with E-state index in [1.807, 2.05) is 206 Å². The molecule has 13 nitrogen and oxygen atoms in total. The molecule has 0 saturated carbocycles. The lowest BCUT2D eigenvalue weighted by Crippen LogP contribution is -2.13. The number of anilines is 9. The number of nitrogens with zero attached hydrogens (tertiary/aromatic N) is 3. The van der Waals surface area contributed by atoms with E-state index in [-0.39, 0.29) is 0 Å². The molecule has 0 bridgehead atoms. The van der Waals surface area contributed by atoms with Gasteiger partial charge in [0.25, 0.3) is 0 Å². The molecule has 0 amide bonds. The molecule has 0 aliphatic carbocycles. The van der Waals surface area contributed by atoms with Crippen LogP contribution in [0.3, 0.4) is 0 Å². The van der Waals surface area contributed by atoms with Crippen LogP contribution in [0.4, 0.5) is 51.2 Å². The standard InChI is InChI=1S/C42H27NO3.C36H21NO4.C36H23NO3/c1-3-12-28(13-4-1)30-24-31(29-14-5-2-6-15-29)26-33(25-30)43(32-22-23-35-34-16-7-8-18-37(34)44-41(35)27-32)36-17-11-21-40-42(36)46-39-20-10-9-19-38(39)45-40;1-3-11-29-24(8-1)26-18-16-22(20-34(26)38-29)37(23-17-19-27-25-9-2-4-12-30(25)39-35(27)21-23)28-10-7-15-33-36(28)41-32-14-6-5-13-31(32)40-33;1-2-11-24(12-3-1)26-13-4-6-15-29(26)37(25-21-22-28-27-14-5-7-17-31(27)38-35(28)23-25)30-16-10-20-34-36(30)40-33-19-9-8-18-32(33)39-34/h1-27H;1-21H;1-23H. The molecule has 4 aromatic heterocycles. The molecular formula is C114H71N3O10. The summed E-state index contributed by atoms with van der Waals surface area (Å²) in [6.45, 7) is 0. The zero-order valence-corrected chi connectivity index (χ0v) is 67.9. The van der Waals surface area contributed by atoms with Gasteiger partial charge in [0.15, 0.2) is 69.0 Å². The van der Waals surface area contributed by atoms with Crippen LogP contribution in [0.5, 0.6) is 69.0 Å². The van der Waals surface area contributed by atoms with Crippen molar-refractivity contribution < 1.29 is 46.1 Å². The molecule has 0 fully saturated rings. The smallest absolute Gasteiger partial charge is 0.194 e. The Kier molecular flexibility index (Phi) is 17.9. The highest BCUT2D eigenvalue weighted by Crippen LogP contribution is 2.58. The zero-order valence-electron chi connectivity index (χ0n) is 67.9. The van der Waals surface area contributed by atoms with Crippen LogP contribution in [0.15, 0.2) is 448 Å². The fourth-order valence-corrected chi connectivity index (χ4v) is 17.7. The minimum absolute atomic E-state index is 0.639. The van der Waals surface area contributed by atoms with E-state index in [4.69, 9.17) is 46.1 Å². The molecule has 0 spiro atoms. The van der Waals surface area contributed by atoms with E-state index in [1.165, 1.54) is 0 Å². The van der Waals surface area contributed by atoms with E-state index in [2.05, 4.69) is 239 Å². The van der Waals surface area contributed by atoms with Gasteiger partial charge in [0.2, 0.25) is 0 Å². The maximum Gasteiger partial charge on any atom is 0.194 e. The summed E-state index contributed by atoms with van der Waals surface area (Å²) >= 11 is 0. The van der Waals surface area contributed by atoms with Crippen LogP contribution in [-0.2, 0) is 0 Å². The highest BCUT2D eigenvalue weighted by molar-refractivity contribution is 6.11. The normalized spacial score (nSPS) is 12.0. The zero-order chi connectivity index (χ0) is 83.8. The van der Waals surface area contributed by atoms with Crippen molar-refractivity contribution in [3.8, 4) is 102 Å². The molecule has 602 valence electrons. The summed E-state index contributed by atoms with van der Waals surface area (Å²) in [5, 5.41) is 8.68. The van der Waals surface area contributed by atoms with E-state index >= 15 is 0 Å². The lowest BCUT2D eigenvalue weighted by atomic mass is 9.97. The lowest BCUT2D eigenvalue weighted by Gasteiger charge is -2.31. The van der Waals surface area contributed by atoms with Gasteiger partial charge in [-0.2, -0.15) is 0 Å². The van der Waals surface area contributed by atoms with Crippen molar-refractivity contribution in [1.29, 1.82) is 0 Å². The van der Waals surface area contributed by atoms with E-state index < -0.39 is 0 Å². The average molecular weight is 1640 g/mol. The molecule has 19 aromatic carbocycles. The number of benzene rings is 19. The summed E-state index contributed by atoms with van der Waals surface area (Å²) in [4.78, 5) is 6.63. The minimum atomic E-state index is 0.639. The molecule has 0 atom stereocenters. The van der Waals surface area contributed by atoms with Crippen LogP contribution in [0.25, 0.3) is 121 Å². The van der Waals surface area contributed by atoms with Gasteiger partial charge in [-0.15, -0.1) is 0 Å². The van der Waals surface area contributed by atoms with E-state index in [9.17, 15) is 0 Å². The number of fused-ring (bicyclic) bond motifs is 18. The highest BCUT2D eigenvalue weighted by atomic mass is 16.6. The predicted molar refractivity (Wildman–Crippen MR) is 509 cm³/mol. The molecule has 7 heterocycles. The number of para-hydroxylation sites is 14. The topological polar surface area (TPSA) is 118 Å². The van der Waals surface area contributed by atoms with Crippen molar-refractivity contribution in [2.75, 3.05) is 14.7 Å². The van der Waals surface area contributed by atoms with Gasteiger partial charge in [0.1, 0.15) is 44.7 Å². The first kappa shape index (κ1) is 73.5. The first-order valence-electron chi connectivity index (χ1n) is 42.1. The van der Waals surface area contributed by atoms with Crippen LogP contribution in [0.2, 0.25) is 0 Å². The van der Waals surface area contributed by atoms with E-state index in [0.717, 1.165) is 172 Å². The third-order valence-corrected chi connectivity index (χ3v) is 23.5. The Morgan fingerprint density at radius 1 is 0.142 bits per heavy atom. The summed E-state index contributed by atoms with van der Waals surface area (Å²) < 4.78 is 63.8. The molecule has 26 rings (SSSR count). The van der Waals surface area contributed by atoms with Gasteiger partial charge in [-0.25, -0.2) is 0 Å². The molecule has 13 heteroatoms. The number of hydrogen-bond donors (Lipinski definition) is 0. The second-order valence-electron chi connectivity index (χ2n) is 31.3. The Morgan fingerprint density at radius 2 is 0.402 bits per heavy atom. The van der Waals surface area contributed by atoms with Crippen molar-refractivity contribution in [3.05, 3.63) is 431 Å². The summed E-state index contributed by atoms with van der Waals surface area (Å²) in [6.07, 6.45) is 0. The summed E-state index contributed by atoms with van der Waals surface area (Å²) in [5.74, 6) is 8.06. The molecule has 127 heavy (non-hydrogen) atoms. The lowest BCUT2D eigenvalue weighted by molar-refractivity contribution is 0.360. The van der Waals surface area contributed by atoms with Crippen molar-refractivity contribution >= 4 is 139 Å². The SMILES string of the molecule is c1ccc(-c2cc(-c3ccccc3)cc(N(c3ccc4c(c3)oc3ccccc34)c3cccc4c3Oc3ccccc3O4)c2)cc1.c1ccc(-c2ccccc2N(c2ccc3c(c2)oc2ccccc23)c2cccc3c2Oc2ccccc2O3)cc1.c1ccc2c(c1)Oc1cccc(N(c3ccc4c(c3)oc3ccccc34)c3ccc4c(c3)oc3ccccc34)c1O2. The Bertz CT molecular complexity index is 8050. The van der Waals surface area contributed by atoms with Gasteiger partial charge in [-0.05, 0) is 198 Å². The second-order valence-corrected chi connectivity index (χ2v) is 31.3. The molecule has 3 aliphatic heterocycles. The van der Waals surface area contributed by atoms with Gasteiger partial charge in [-0.1, -0.05) is 237 Å². The van der Waals surface area contributed by atoms with Crippen molar-refractivity contribution in [2.24, 2.45) is 0 Å². The van der Waals surface area contributed by atoms with Crippen LogP contribution in [0, 0.1) is 0 Å². The number of furan rings is 4. The largest absolute Gasteiger partial charge is 0.456 e. The Labute approximate surface area is 728 Å². The molecule has 3 aliphatic rings. The average Bonchev–Trinajstić information content (AvgIpc) is 1.74. The van der Waals surface area contributed by atoms with Gasteiger partial charge in [-0.3, -0.25) is 0 Å². The van der Waals surface area contributed by atoms with Gasteiger partial charge < -0.3 is 60.8 Å². The fraction of sp³-hybridized carbons (Fsp3) is 0. The first-order chi connectivity index (χ1) is 62.9. The molecule has 0 saturated heterocycles. The van der Waals surface area contributed by atoms with Crippen LogP contribution < -0.4 is 43.1 Å². The van der Waals surface area contributed by atoms with Crippen LogP contribution in [-0.4, -0.2) is 0 Å². The van der Waals surface area contributed by atoms with Crippen LogP contribution in [0.1, 0.15) is 0 Å². The third kappa shape index (κ3) is 13.3. The summed E-state index contributed by atoms with van der Waals surface area (Å²) in [6, 6.07) is 146. The molecule has 23 aromatic rings. The van der Waals surface area contributed by atoms with E-state index in [1.54, 1.807) is 0 Å². The highest BCUT2D eigenvalue weighted by Gasteiger charge is 2.32. The van der Waals surface area contributed by atoms with E-state index in [0.29, 0.717) is 69.0 Å². The Hall–Kier alpha value is -17.4. The first-order valence-corrected chi connectivity index (χ1v) is 42.1. The fourth-order valence-electron chi connectivity index (χ4n) is 17.7. The van der Waals surface area contributed by atoms with Gasteiger partial charge >= 0.3 is 0 Å². The third-order valence-electron chi connectivity index (χ3n) is 23.5. The van der Waals surface area contributed by atoms with Crippen molar-refractivity contribution in [1.82, 2.24) is 0 Å². The maximum atomic E-state index is 6.61. The summed E-state index contributed by atoms with van der Waals surface area (Å²) in [7, 11) is 0. The Balaban J connectivity index is 0.000000107. The number of hydrogen-bond acceptors (Lipinski definition) is 13. The van der Waals surface area contributed by atoms with Gasteiger partial charge in [0, 0.05) is 78.6 Å². The molecule has 0 radical (unpaired) electrons. The van der Waals surface area contributed by atoms with Crippen molar-refractivity contribution in [2.45, 2.75) is 0 Å². The molecule has 0 unspecified atom stereocenters. The number of ether oxygens (including phenoxy) is 6. The molecular weight excluding hydrogens is 1570 g/mol. The van der Waals surface area contributed by atoms with Crippen molar-refractivity contribution in [3.63, 3.8) is 0 Å². The quantitative estimate of drug-likeness (QED) is 0.116. The minimum Gasteiger partial charge on any atom is -0.456 e. The Morgan fingerprint density at radius 3 is 0.764 bits per heavy atom.